The van der Waals surface area contributed by atoms with Crippen LogP contribution in [0.3, 0.4) is 0 Å². The fraction of sp³-hybridized carbons (Fsp3) is 0.667. The summed E-state index contributed by atoms with van der Waals surface area (Å²) in [4.78, 5) is 4.38. The van der Waals surface area contributed by atoms with Gasteiger partial charge in [0.1, 0.15) is 0 Å². The lowest BCUT2D eigenvalue weighted by molar-refractivity contribution is 0.685. The summed E-state index contributed by atoms with van der Waals surface area (Å²) in [6.45, 7) is 7.52. The minimum Gasteiger partial charge on any atom is -0.285 e. The summed E-state index contributed by atoms with van der Waals surface area (Å²) in [6, 6.07) is 0. The highest BCUT2D eigenvalue weighted by atomic mass is 14.8. The molecule has 0 saturated heterocycles. The number of rotatable bonds is 2. The molecule has 1 heteroatoms. The van der Waals surface area contributed by atoms with Crippen LogP contribution in [0.2, 0.25) is 0 Å². The van der Waals surface area contributed by atoms with Gasteiger partial charge in [-0.3, -0.25) is 4.99 Å². The van der Waals surface area contributed by atoms with E-state index in [9.17, 15) is 0 Å². The van der Waals surface area contributed by atoms with Gasteiger partial charge in [0.25, 0.3) is 0 Å². The van der Waals surface area contributed by atoms with E-state index in [0.29, 0.717) is 0 Å². The normalized spacial score (nSPS) is 17.6. The largest absolute Gasteiger partial charge is 0.285 e. The standard InChI is InChI=1S/C9H15N/c1-7(2)4-9-5-8(3)6-10-9/h5,7H,4,6H2,1-3H3. The van der Waals surface area contributed by atoms with Gasteiger partial charge in [0.2, 0.25) is 0 Å². The van der Waals surface area contributed by atoms with Gasteiger partial charge in [-0.05, 0) is 25.3 Å². The van der Waals surface area contributed by atoms with Crippen molar-refractivity contribution >= 4 is 5.71 Å². The van der Waals surface area contributed by atoms with Gasteiger partial charge in [0.05, 0.1) is 6.54 Å². The molecule has 1 rings (SSSR count). The monoisotopic (exact) mass is 137 g/mol. The molecule has 0 N–H and O–H groups in total. The topological polar surface area (TPSA) is 12.4 Å². The molecule has 0 aromatic rings. The van der Waals surface area contributed by atoms with Gasteiger partial charge in [0, 0.05) is 5.71 Å². The van der Waals surface area contributed by atoms with Crippen LogP contribution in [0.1, 0.15) is 27.2 Å². The van der Waals surface area contributed by atoms with Crippen LogP contribution in [-0.2, 0) is 0 Å². The molecule has 0 atom stereocenters. The van der Waals surface area contributed by atoms with E-state index in [1.165, 1.54) is 11.3 Å². The number of nitrogens with zero attached hydrogens (tertiary/aromatic N) is 1. The Labute approximate surface area is 62.9 Å². The van der Waals surface area contributed by atoms with E-state index in [-0.39, 0.29) is 0 Å². The molecule has 1 heterocycles. The Bertz CT molecular complexity index is 175. The van der Waals surface area contributed by atoms with Gasteiger partial charge in [0.15, 0.2) is 0 Å². The summed E-state index contributed by atoms with van der Waals surface area (Å²) >= 11 is 0. The summed E-state index contributed by atoms with van der Waals surface area (Å²) in [5.41, 5.74) is 2.68. The zero-order valence-corrected chi connectivity index (χ0v) is 7.02. The first kappa shape index (κ1) is 7.52. The molecule has 0 aromatic carbocycles. The maximum atomic E-state index is 4.38. The predicted octanol–water partition coefficient (Wildman–Crippen LogP) is 2.43. The highest BCUT2D eigenvalue weighted by Gasteiger charge is 2.05. The SMILES string of the molecule is CC1=CC(CC(C)C)=NC1. The molecule has 56 valence electrons. The molecule has 10 heavy (non-hydrogen) atoms. The quantitative estimate of drug-likeness (QED) is 0.554. The molecule has 1 aliphatic rings. The van der Waals surface area contributed by atoms with Crippen LogP contribution < -0.4 is 0 Å². The van der Waals surface area contributed by atoms with Crippen molar-refractivity contribution in [2.75, 3.05) is 6.54 Å². The van der Waals surface area contributed by atoms with Crippen molar-refractivity contribution in [3.05, 3.63) is 11.6 Å². The average molecular weight is 137 g/mol. The van der Waals surface area contributed by atoms with Crippen LogP contribution in [0.25, 0.3) is 0 Å². The van der Waals surface area contributed by atoms with Crippen molar-refractivity contribution in [3.8, 4) is 0 Å². The van der Waals surface area contributed by atoms with Crippen molar-refractivity contribution < 1.29 is 0 Å². The lowest BCUT2D eigenvalue weighted by atomic mass is 10.1. The lowest BCUT2D eigenvalue weighted by Crippen LogP contribution is -1.96. The van der Waals surface area contributed by atoms with Gasteiger partial charge >= 0.3 is 0 Å². The average Bonchev–Trinajstić information content (AvgIpc) is 2.13. The first-order valence-corrected chi connectivity index (χ1v) is 3.89. The Kier molecular flexibility index (Phi) is 2.25. The Morgan fingerprint density at radius 3 is 2.70 bits per heavy atom. The van der Waals surface area contributed by atoms with Crippen LogP contribution in [-0.4, -0.2) is 12.3 Å². The van der Waals surface area contributed by atoms with Crippen molar-refractivity contribution in [1.29, 1.82) is 0 Å². The molecule has 0 saturated carbocycles. The number of aliphatic imine (C=N–C) groups is 1. The number of hydrogen-bond acceptors (Lipinski definition) is 1. The van der Waals surface area contributed by atoms with Crippen molar-refractivity contribution in [3.63, 3.8) is 0 Å². The zero-order valence-electron chi connectivity index (χ0n) is 7.02. The molecule has 1 nitrogen and oxygen atoms in total. The van der Waals surface area contributed by atoms with Crippen LogP contribution in [0.5, 0.6) is 0 Å². The van der Waals surface area contributed by atoms with Gasteiger partial charge in [-0.15, -0.1) is 0 Å². The van der Waals surface area contributed by atoms with Crippen molar-refractivity contribution in [1.82, 2.24) is 0 Å². The van der Waals surface area contributed by atoms with E-state index >= 15 is 0 Å². The second-order valence-electron chi connectivity index (χ2n) is 3.40. The zero-order chi connectivity index (χ0) is 7.56. The molecule has 0 bridgehead atoms. The fourth-order valence-corrected chi connectivity index (χ4v) is 1.14. The summed E-state index contributed by atoms with van der Waals surface area (Å²) in [7, 11) is 0. The van der Waals surface area contributed by atoms with E-state index in [2.05, 4.69) is 31.8 Å². The predicted molar refractivity (Wildman–Crippen MR) is 45.5 cm³/mol. The minimum atomic E-state index is 0.737. The second-order valence-corrected chi connectivity index (χ2v) is 3.40. The summed E-state index contributed by atoms with van der Waals surface area (Å²) in [5, 5.41) is 0. The lowest BCUT2D eigenvalue weighted by Gasteiger charge is -2.00. The molecule has 0 radical (unpaired) electrons. The Hall–Kier alpha value is -0.590. The first-order valence-electron chi connectivity index (χ1n) is 3.89. The van der Waals surface area contributed by atoms with Gasteiger partial charge in [-0.1, -0.05) is 19.4 Å². The molecular weight excluding hydrogens is 122 g/mol. The molecular formula is C9H15N. The molecule has 1 aliphatic heterocycles. The third kappa shape index (κ3) is 1.98. The first-order chi connectivity index (χ1) is 4.68. The molecule has 0 aromatic heterocycles. The van der Waals surface area contributed by atoms with Gasteiger partial charge in [-0.25, -0.2) is 0 Å². The van der Waals surface area contributed by atoms with Gasteiger partial charge < -0.3 is 0 Å². The number of allylic oxidation sites excluding steroid dienone is 1. The van der Waals surface area contributed by atoms with Crippen molar-refractivity contribution in [2.45, 2.75) is 27.2 Å². The van der Waals surface area contributed by atoms with E-state index in [1.807, 2.05) is 0 Å². The van der Waals surface area contributed by atoms with E-state index < -0.39 is 0 Å². The molecule has 0 amide bonds. The highest BCUT2D eigenvalue weighted by molar-refractivity contribution is 5.97. The fourth-order valence-electron chi connectivity index (χ4n) is 1.14. The third-order valence-corrected chi connectivity index (χ3v) is 1.56. The molecule has 0 fully saturated rings. The Balaban J connectivity index is 2.44. The maximum Gasteiger partial charge on any atom is 0.0603 e. The summed E-state index contributed by atoms with van der Waals surface area (Å²) in [6.07, 6.45) is 3.34. The summed E-state index contributed by atoms with van der Waals surface area (Å²) in [5.74, 6) is 0.737. The molecule has 0 aliphatic carbocycles. The van der Waals surface area contributed by atoms with Crippen molar-refractivity contribution in [2.24, 2.45) is 10.9 Å². The molecule has 0 unspecified atom stereocenters. The highest BCUT2D eigenvalue weighted by Crippen LogP contribution is 2.10. The Morgan fingerprint density at radius 2 is 2.30 bits per heavy atom. The maximum absolute atomic E-state index is 4.38. The van der Waals surface area contributed by atoms with Crippen LogP contribution in [0.4, 0.5) is 0 Å². The second kappa shape index (κ2) is 3.00. The van der Waals surface area contributed by atoms with E-state index in [1.54, 1.807) is 0 Å². The molecule has 0 spiro atoms. The number of hydrogen-bond donors (Lipinski definition) is 0. The van der Waals surface area contributed by atoms with Crippen LogP contribution in [0.15, 0.2) is 16.6 Å². The van der Waals surface area contributed by atoms with E-state index in [0.717, 1.165) is 18.9 Å². The van der Waals surface area contributed by atoms with Crippen LogP contribution >= 0.6 is 0 Å². The summed E-state index contributed by atoms with van der Waals surface area (Å²) < 4.78 is 0. The minimum absolute atomic E-state index is 0.737. The van der Waals surface area contributed by atoms with E-state index in [4.69, 9.17) is 0 Å². The van der Waals surface area contributed by atoms with Crippen LogP contribution in [0, 0.1) is 5.92 Å². The van der Waals surface area contributed by atoms with Gasteiger partial charge in [-0.2, -0.15) is 0 Å². The smallest absolute Gasteiger partial charge is 0.0603 e. The third-order valence-electron chi connectivity index (χ3n) is 1.56. The Morgan fingerprint density at radius 1 is 1.60 bits per heavy atom.